The Morgan fingerprint density at radius 2 is 1.91 bits per heavy atom. The van der Waals surface area contributed by atoms with Crippen LogP contribution in [0.2, 0.25) is 0 Å². The SMILES string of the molecule is Cc1nc(N2CCN(c3ncc([N+](=O)[O-])cc3Br)CC2)sc1C. The topological polar surface area (TPSA) is 75.4 Å². The third-order valence-electron chi connectivity index (χ3n) is 3.89. The Kier molecular flexibility index (Phi) is 4.49. The Morgan fingerprint density at radius 3 is 2.43 bits per heavy atom. The summed E-state index contributed by atoms with van der Waals surface area (Å²) >= 11 is 5.11. The molecule has 1 fully saturated rings. The van der Waals surface area contributed by atoms with Crippen LogP contribution in [0.15, 0.2) is 16.7 Å². The van der Waals surface area contributed by atoms with E-state index in [-0.39, 0.29) is 5.69 Å². The van der Waals surface area contributed by atoms with E-state index < -0.39 is 4.92 Å². The fourth-order valence-corrected chi connectivity index (χ4v) is 4.00. The smallest absolute Gasteiger partial charge is 0.288 e. The quantitative estimate of drug-likeness (QED) is 0.584. The molecule has 0 bridgehead atoms. The van der Waals surface area contributed by atoms with E-state index in [9.17, 15) is 10.1 Å². The lowest BCUT2D eigenvalue weighted by molar-refractivity contribution is -0.385. The van der Waals surface area contributed by atoms with E-state index >= 15 is 0 Å². The van der Waals surface area contributed by atoms with Crippen molar-refractivity contribution in [1.29, 1.82) is 0 Å². The highest BCUT2D eigenvalue weighted by molar-refractivity contribution is 9.10. The number of aromatic nitrogens is 2. The Morgan fingerprint density at radius 1 is 1.26 bits per heavy atom. The van der Waals surface area contributed by atoms with Crippen LogP contribution in [0.3, 0.4) is 0 Å². The predicted octanol–water partition coefficient (Wildman–Crippen LogP) is 3.15. The van der Waals surface area contributed by atoms with E-state index in [2.05, 4.69) is 42.6 Å². The second-order valence-corrected chi connectivity index (χ2v) is 7.40. The molecule has 2 aromatic heterocycles. The zero-order valence-electron chi connectivity index (χ0n) is 12.8. The normalized spacial score (nSPS) is 15.1. The number of thiazole rings is 1. The lowest BCUT2D eigenvalue weighted by Crippen LogP contribution is -2.47. The number of aryl methyl sites for hydroxylation is 2. The first-order valence-electron chi connectivity index (χ1n) is 7.19. The Balaban J connectivity index is 1.70. The molecule has 0 aromatic carbocycles. The molecule has 0 unspecified atom stereocenters. The number of rotatable bonds is 3. The minimum atomic E-state index is -0.438. The van der Waals surface area contributed by atoms with Gasteiger partial charge in [0.2, 0.25) is 0 Å². The molecule has 0 atom stereocenters. The minimum absolute atomic E-state index is 0.00648. The second-order valence-electron chi connectivity index (χ2n) is 5.37. The Labute approximate surface area is 146 Å². The molecule has 0 saturated carbocycles. The van der Waals surface area contributed by atoms with E-state index in [1.807, 2.05) is 6.92 Å². The fraction of sp³-hybridized carbons (Fsp3) is 0.429. The molecule has 7 nitrogen and oxygen atoms in total. The van der Waals surface area contributed by atoms with Crippen LogP contribution in [0.25, 0.3) is 0 Å². The van der Waals surface area contributed by atoms with Crippen LogP contribution >= 0.6 is 27.3 Å². The molecule has 0 spiro atoms. The largest absolute Gasteiger partial charge is 0.352 e. The van der Waals surface area contributed by atoms with Crippen LogP contribution in [0.4, 0.5) is 16.6 Å². The molecule has 3 heterocycles. The van der Waals surface area contributed by atoms with Crippen molar-refractivity contribution >= 4 is 43.9 Å². The van der Waals surface area contributed by atoms with E-state index in [4.69, 9.17) is 0 Å². The molecule has 9 heteroatoms. The molecule has 0 radical (unpaired) electrons. The summed E-state index contributed by atoms with van der Waals surface area (Å²) in [6.45, 7) is 7.45. The first-order chi connectivity index (χ1) is 11.0. The summed E-state index contributed by atoms with van der Waals surface area (Å²) in [6.07, 6.45) is 1.31. The molecular weight excluding hydrogens is 382 g/mol. The van der Waals surface area contributed by atoms with Crippen molar-refractivity contribution < 1.29 is 4.92 Å². The molecule has 23 heavy (non-hydrogen) atoms. The van der Waals surface area contributed by atoms with Gasteiger partial charge in [-0.3, -0.25) is 10.1 Å². The van der Waals surface area contributed by atoms with E-state index in [0.29, 0.717) is 4.47 Å². The predicted molar refractivity (Wildman–Crippen MR) is 94.6 cm³/mol. The fourth-order valence-electron chi connectivity index (χ4n) is 2.45. The summed E-state index contributed by atoms with van der Waals surface area (Å²) < 4.78 is 0.654. The molecule has 1 aliphatic heterocycles. The number of nitro groups is 1. The van der Waals surface area contributed by atoms with Crippen molar-refractivity contribution in [3.8, 4) is 0 Å². The van der Waals surface area contributed by atoms with Crippen LogP contribution in [0, 0.1) is 24.0 Å². The van der Waals surface area contributed by atoms with Crippen LogP contribution in [0.1, 0.15) is 10.6 Å². The maximum atomic E-state index is 10.8. The maximum Gasteiger partial charge on any atom is 0.288 e. The molecular formula is C14H16BrN5O2S. The van der Waals surface area contributed by atoms with Crippen LogP contribution in [-0.2, 0) is 0 Å². The summed E-state index contributed by atoms with van der Waals surface area (Å²) in [5.41, 5.74) is 1.08. The third-order valence-corrected chi connectivity index (χ3v) is 5.60. The summed E-state index contributed by atoms with van der Waals surface area (Å²) in [7, 11) is 0. The Bertz CT molecular complexity index is 723. The number of hydrogen-bond donors (Lipinski definition) is 0. The van der Waals surface area contributed by atoms with Crippen molar-refractivity contribution in [3.63, 3.8) is 0 Å². The van der Waals surface area contributed by atoms with Gasteiger partial charge in [0.05, 0.1) is 15.1 Å². The number of halogens is 1. The summed E-state index contributed by atoms with van der Waals surface area (Å²) in [5.74, 6) is 0.752. The van der Waals surface area contributed by atoms with Gasteiger partial charge in [-0.1, -0.05) is 0 Å². The minimum Gasteiger partial charge on any atom is -0.352 e. The number of piperazine rings is 1. The lowest BCUT2D eigenvalue weighted by Gasteiger charge is -2.35. The molecule has 0 amide bonds. The van der Waals surface area contributed by atoms with E-state index in [1.54, 1.807) is 11.3 Å². The van der Waals surface area contributed by atoms with Gasteiger partial charge in [-0.25, -0.2) is 9.97 Å². The standard InChI is InChI=1S/C14H16BrN5O2S/c1-9-10(2)23-14(17-9)19-5-3-18(4-6-19)13-12(15)7-11(8-16-13)20(21)22/h7-8H,3-6H2,1-2H3. The van der Waals surface area contributed by atoms with Gasteiger partial charge in [0.1, 0.15) is 12.0 Å². The molecule has 1 aliphatic rings. The van der Waals surface area contributed by atoms with Gasteiger partial charge in [-0.2, -0.15) is 0 Å². The number of nitrogens with zero attached hydrogens (tertiary/aromatic N) is 5. The third kappa shape index (κ3) is 3.30. The molecule has 3 rings (SSSR count). The highest BCUT2D eigenvalue weighted by atomic mass is 79.9. The average molecular weight is 398 g/mol. The van der Waals surface area contributed by atoms with Gasteiger partial charge < -0.3 is 9.80 Å². The maximum absolute atomic E-state index is 10.8. The zero-order chi connectivity index (χ0) is 16.6. The summed E-state index contributed by atoms with van der Waals surface area (Å²) in [5, 5.41) is 11.9. The van der Waals surface area contributed by atoms with E-state index in [1.165, 1.54) is 17.1 Å². The number of pyridine rings is 1. The molecule has 0 N–H and O–H groups in total. The van der Waals surface area contributed by atoms with Gasteiger partial charge >= 0.3 is 0 Å². The first kappa shape index (κ1) is 16.1. The van der Waals surface area contributed by atoms with Crippen molar-refractivity contribution in [2.75, 3.05) is 36.0 Å². The van der Waals surface area contributed by atoms with Crippen molar-refractivity contribution in [1.82, 2.24) is 9.97 Å². The highest BCUT2D eigenvalue weighted by Crippen LogP contribution is 2.30. The first-order valence-corrected chi connectivity index (χ1v) is 8.80. The van der Waals surface area contributed by atoms with Crippen molar-refractivity contribution in [3.05, 3.63) is 37.4 Å². The second kappa shape index (κ2) is 6.40. The Hall–Kier alpha value is -1.74. The van der Waals surface area contributed by atoms with Crippen LogP contribution in [-0.4, -0.2) is 41.1 Å². The van der Waals surface area contributed by atoms with E-state index in [0.717, 1.165) is 42.8 Å². The van der Waals surface area contributed by atoms with Gasteiger partial charge in [-0.05, 0) is 29.8 Å². The van der Waals surface area contributed by atoms with Gasteiger partial charge in [-0.15, -0.1) is 11.3 Å². The van der Waals surface area contributed by atoms with Crippen LogP contribution in [0.5, 0.6) is 0 Å². The number of anilines is 2. The van der Waals surface area contributed by atoms with Crippen molar-refractivity contribution in [2.45, 2.75) is 13.8 Å². The van der Waals surface area contributed by atoms with Crippen LogP contribution < -0.4 is 9.80 Å². The highest BCUT2D eigenvalue weighted by Gasteiger charge is 2.23. The molecule has 1 saturated heterocycles. The summed E-state index contributed by atoms with van der Waals surface area (Å²) in [4.78, 5) is 24.9. The monoisotopic (exact) mass is 397 g/mol. The molecule has 122 valence electrons. The summed E-state index contributed by atoms with van der Waals surface area (Å²) in [6, 6.07) is 1.50. The van der Waals surface area contributed by atoms with Crippen molar-refractivity contribution in [2.24, 2.45) is 0 Å². The zero-order valence-corrected chi connectivity index (χ0v) is 15.2. The van der Waals surface area contributed by atoms with Gasteiger partial charge in [0.25, 0.3) is 5.69 Å². The van der Waals surface area contributed by atoms with Gasteiger partial charge in [0.15, 0.2) is 5.13 Å². The average Bonchev–Trinajstić information content (AvgIpc) is 2.87. The molecule has 0 aliphatic carbocycles. The molecule has 2 aromatic rings. The number of hydrogen-bond acceptors (Lipinski definition) is 7. The van der Waals surface area contributed by atoms with Gasteiger partial charge in [0, 0.05) is 37.1 Å². The lowest BCUT2D eigenvalue weighted by atomic mass is 10.3.